The van der Waals surface area contributed by atoms with E-state index in [1.165, 1.54) is 0 Å². The van der Waals surface area contributed by atoms with Gasteiger partial charge in [0.05, 0.1) is 17.5 Å². The number of aromatic nitrogens is 4. The van der Waals surface area contributed by atoms with E-state index in [0.29, 0.717) is 16.9 Å². The van der Waals surface area contributed by atoms with Crippen LogP contribution in [0.2, 0.25) is 0 Å². The highest BCUT2D eigenvalue weighted by Crippen LogP contribution is 2.17. The standard InChI is InChI=1S/C16H16BrN7O/c1-9-3-2-4-12(19-9)11-8-18-22-14(11)15(25)20-10-5-6-24-13(7-10)21-16(17)23-24/h2-4,8,10H,5-7H2,1H3,(H,18,22)(H,20,25)/p+1. The maximum Gasteiger partial charge on any atom is 0.308 e. The van der Waals surface area contributed by atoms with Crippen molar-refractivity contribution in [2.45, 2.75) is 32.4 Å². The average Bonchev–Trinajstić information content (AvgIpc) is 3.20. The Bertz CT molecular complexity index is 902. The fraction of sp³-hybridized carbons (Fsp3) is 0.312. The van der Waals surface area contributed by atoms with E-state index < -0.39 is 0 Å². The van der Waals surface area contributed by atoms with Crippen LogP contribution < -0.4 is 10.7 Å². The van der Waals surface area contributed by atoms with Crippen LogP contribution in [0.1, 0.15) is 23.6 Å². The van der Waals surface area contributed by atoms with Crippen LogP contribution >= 0.6 is 15.9 Å². The van der Waals surface area contributed by atoms with Crippen LogP contribution in [0.4, 0.5) is 0 Å². The lowest BCUT2D eigenvalue weighted by Gasteiger charge is -2.22. The molecule has 0 spiro atoms. The summed E-state index contributed by atoms with van der Waals surface area (Å²) in [7, 11) is 0. The van der Waals surface area contributed by atoms with E-state index in [2.05, 4.69) is 41.4 Å². The number of hydrogen-bond acceptors (Lipinski definition) is 5. The Morgan fingerprint density at radius 1 is 1.40 bits per heavy atom. The number of rotatable bonds is 3. The minimum atomic E-state index is -0.132. The summed E-state index contributed by atoms with van der Waals surface area (Å²) in [6, 6.07) is 5.78. The smallest absolute Gasteiger partial charge is 0.308 e. The lowest BCUT2D eigenvalue weighted by molar-refractivity contribution is -0.602. The molecule has 2 aromatic rings. The number of aryl methyl sites for hydroxylation is 2. The van der Waals surface area contributed by atoms with E-state index in [9.17, 15) is 4.79 Å². The minimum Gasteiger partial charge on any atom is -0.344 e. The van der Waals surface area contributed by atoms with E-state index in [-0.39, 0.29) is 11.9 Å². The second-order valence-corrected chi connectivity index (χ2v) is 6.79. The van der Waals surface area contributed by atoms with E-state index in [1.54, 1.807) is 11.6 Å². The van der Waals surface area contributed by atoms with Gasteiger partial charge >= 0.3 is 5.91 Å². The Hall–Kier alpha value is -2.39. The zero-order valence-electron chi connectivity index (χ0n) is 13.6. The second-order valence-electron chi connectivity index (χ2n) is 6.08. The molecule has 3 N–H and O–H groups in total. The lowest BCUT2D eigenvalue weighted by Crippen LogP contribution is -2.77. The number of allylic oxidation sites excluding steroid dienone is 1. The van der Waals surface area contributed by atoms with Gasteiger partial charge in [0.2, 0.25) is 10.4 Å². The number of nitrogens with one attached hydrogen (secondary N) is 1. The number of amides is 1. The van der Waals surface area contributed by atoms with E-state index in [4.69, 9.17) is 0 Å². The number of carbonyl (C=O) groups excluding carboxylic acids is 1. The van der Waals surface area contributed by atoms with E-state index in [0.717, 1.165) is 35.8 Å². The highest BCUT2D eigenvalue weighted by molar-refractivity contribution is 9.10. The summed E-state index contributed by atoms with van der Waals surface area (Å²) in [6.45, 7) is 2.67. The van der Waals surface area contributed by atoms with Crippen LogP contribution in [-0.2, 0) is 17.8 Å². The molecule has 0 aromatic carbocycles. The Kier molecular flexibility index (Phi) is 4.18. The number of fused-ring (bicyclic) bond motifs is 1. The molecule has 0 aliphatic carbocycles. The van der Waals surface area contributed by atoms with Crippen LogP contribution in [0.15, 0.2) is 33.7 Å². The molecule has 25 heavy (non-hydrogen) atoms. The zero-order chi connectivity index (χ0) is 17.4. The number of pyridine rings is 1. The Balaban J connectivity index is 1.52. The predicted octanol–water partition coefficient (Wildman–Crippen LogP) is 0.149. The lowest BCUT2D eigenvalue weighted by atomic mass is 10.1. The van der Waals surface area contributed by atoms with Crippen molar-refractivity contribution < 1.29 is 10.2 Å². The third-order valence-electron chi connectivity index (χ3n) is 4.28. The molecule has 2 aliphatic rings. The van der Waals surface area contributed by atoms with Gasteiger partial charge in [-0.2, -0.15) is 5.43 Å². The van der Waals surface area contributed by atoms with Crippen LogP contribution in [0, 0.1) is 6.92 Å². The number of halogens is 1. The fourth-order valence-electron chi connectivity index (χ4n) is 3.06. The molecule has 1 amide bonds. The number of carbonyl (C=O) groups is 1. The number of hydrogen-bond donors (Lipinski definition) is 2. The first-order chi connectivity index (χ1) is 12.1. The van der Waals surface area contributed by atoms with Gasteiger partial charge in [0.25, 0.3) is 0 Å². The third-order valence-corrected chi connectivity index (χ3v) is 4.62. The normalized spacial score (nSPS) is 19.2. The number of nitrogens with zero attached hydrogens (tertiary/aromatic N) is 5. The highest BCUT2D eigenvalue weighted by Gasteiger charge is 2.29. The molecule has 0 fully saturated rings. The van der Waals surface area contributed by atoms with Gasteiger partial charge in [-0.3, -0.25) is 9.78 Å². The van der Waals surface area contributed by atoms with Gasteiger partial charge in [0.15, 0.2) is 0 Å². The molecule has 4 rings (SSSR count). The number of nitrogens with two attached hydrogens (primary N) is 1. The molecule has 2 aromatic heterocycles. The first-order valence-electron chi connectivity index (χ1n) is 8.05. The Morgan fingerprint density at radius 3 is 3.12 bits per heavy atom. The predicted molar refractivity (Wildman–Crippen MR) is 94.3 cm³/mol. The van der Waals surface area contributed by atoms with Crippen molar-refractivity contribution in [3.8, 4) is 0 Å². The molecule has 0 saturated carbocycles. The van der Waals surface area contributed by atoms with Gasteiger partial charge < -0.3 is 5.32 Å². The first-order valence-corrected chi connectivity index (χ1v) is 8.84. The van der Waals surface area contributed by atoms with Crippen molar-refractivity contribution >= 4 is 33.6 Å². The van der Waals surface area contributed by atoms with Gasteiger partial charge in [-0.25, -0.2) is 9.67 Å². The van der Waals surface area contributed by atoms with Crippen molar-refractivity contribution in [3.63, 3.8) is 0 Å². The second kappa shape index (κ2) is 6.49. The molecule has 2 aliphatic heterocycles. The molecule has 4 heterocycles. The molecule has 1 unspecified atom stereocenters. The monoisotopic (exact) mass is 402 g/mol. The largest absolute Gasteiger partial charge is 0.344 e. The molecule has 9 heteroatoms. The highest BCUT2D eigenvalue weighted by atomic mass is 79.9. The summed E-state index contributed by atoms with van der Waals surface area (Å²) in [5.74, 6) is 0.748. The van der Waals surface area contributed by atoms with E-state index in [1.807, 2.05) is 29.8 Å². The van der Waals surface area contributed by atoms with Gasteiger partial charge in [0.1, 0.15) is 5.82 Å². The summed E-state index contributed by atoms with van der Waals surface area (Å²) in [6.07, 6.45) is 3.17. The molecule has 0 bridgehead atoms. The van der Waals surface area contributed by atoms with Gasteiger partial charge in [-0.15, -0.1) is 5.10 Å². The Labute approximate surface area is 152 Å². The number of quaternary nitrogens is 1. The first kappa shape index (κ1) is 16.1. The molecule has 8 nitrogen and oxygen atoms in total. The van der Waals surface area contributed by atoms with Crippen molar-refractivity contribution in [1.82, 2.24) is 25.1 Å². The van der Waals surface area contributed by atoms with Crippen LogP contribution in [0.3, 0.4) is 0 Å². The molecule has 1 atom stereocenters. The summed E-state index contributed by atoms with van der Waals surface area (Å²) in [5.41, 5.74) is 4.56. The van der Waals surface area contributed by atoms with Gasteiger partial charge in [-0.1, -0.05) is 11.2 Å². The summed E-state index contributed by atoms with van der Waals surface area (Å²) >= 11 is 3.29. The van der Waals surface area contributed by atoms with E-state index >= 15 is 0 Å². The summed E-state index contributed by atoms with van der Waals surface area (Å²) in [5, 5.41) is 11.5. The zero-order valence-corrected chi connectivity index (χ0v) is 15.2. The quantitative estimate of drug-likeness (QED) is 0.713. The molecular weight excluding hydrogens is 386 g/mol. The topological polar surface area (TPSA) is 102 Å². The van der Waals surface area contributed by atoms with Crippen molar-refractivity contribution in [3.05, 3.63) is 45.8 Å². The Morgan fingerprint density at radius 2 is 2.28 bits per heavy atom. The average molecular weight is 403 g/mol. The minimum absolute atomic E-state index is 0.0318. The molecule has 0 saturated heterocycles. The summed E-state index contributed by atoms with van der Waals surface area (Å²) in [4.78, 5) is 21.6. The van der Waals surface area contributed by atoms with Crippen LogP contribution in [0.25, 0.3) is 5.57 Å². The van der Waals surface area contributed by atoms with Gasteiger partial charge in [-0.05, 0) is 41.4 Å². The molecule has 0 radical (unpaired) electrons. The van der Waals surface area contributed by atoms with Crippen LogP contribution in [-0.4, -0.2) is 37.9 Å². The molecule has 128 valence electrons. The van der Waals surface area contributed by atoms with Crippen molar-refractivity contribution in [2.24, 2.45) is 5.10 Å². The maximum atomic E-state index is 12.7. The summed E-state index contributed by atoms with van der Waals surface area (Å²) < 4.78 is 2.46. The van der Waals surface area contributed by atoms with Gasteiger partial charge in [0, 0.05) is 24.7 Å². The fourth-order valence-corrected chi connectivity index (χ4v) is 3.46. The van der Waals surface area contributed by atoms with Crippen molar-refractivity contribution in [1.29, 1.82) is 0 Å². The van der Waals surface area contributed by atoms with Crippen molar-refractivity contribution in [2.75, 3.05) is 0 Å². The van der Waals surface area contributed by atoms with Crippen LogP contribution in [0.5, 0.6) is 0 Å². The molecular formula is C16H17BrN7O+. The SMILES string of the molecule is Cc1cccc(C2=C(C(=O)NC3CCn4nc(Br)nc4C3)[NH2+]N=C2)n1. The maximum absolute atomic E-state index is 12.7. The third kappa shape index (κ3) is 3.24.